The van der Waals surface area contributed by atoms with Crippen LogP contribution in [0, 0.1) is 0 Å². The largest absolute Gasteiger partial charge is 1.00 e. The van der Waals surface area contributed by atoms with Crippen LogP contribution >= 0.6 is 23.2 Å². The number of carboxylic acid groups (broad SMARTS) is 1. The van der Waals surface area contributed by atoms with Crippen molar-refractivity contribution >= 4 is 35.1 Å². The summed E-state index contributed by atoms with van der Waals surface area (Å²) in [6.07, 6.45) is 3.37. The van der Waals surface area contributed by atoms with Crippen LogP contribution in [0.4, 0.5) is 0 Å². The van der Waals surface area contributed by atoms with Gasteiger partial charge in [0.15, 0.2) is 0 Å². The first-order valence-electron chi connectivity index (χ1n) is 11.9. The van der Waals surface area contributed by atoms with Crippen molar-refractivity contribution in [2.75, 3.05) is 6.61 Å². The molecule has 3 aromatic carbocycles. The first-order chi connectivity index (χ1) is 17.4. The van der Waals surface area contributed by atoms with E-state index in [1.165, 1.54) is 24.5 Å². The summed E-state index contributed by atoms with van der Waals surface area (Å²) in [5.74, 6) is -0.337. The molecule has 0 bridgehead atoms. The quantitative estimate of drug-likeness (QED) is 0.265. The van der Waals surface area contributed by atoms with Crippen molar-refractivity contribution in [2.45, 2.75) is 43.0 Å². The van der Waals surface area contributed by atoms with Gasteiger partial charge in [-0.3, -0.25) is 4.79 Å². The van der Waals surface area contributed by atoms with Crippen LogP contribution in [0.3, 0.4) is 0 Å². The Bertz CT molecular complexity index is 1280. The van der Waals surface area contributed by atoms with E-state index in [0.29, 0.717) is 47.1 Å². The number of amides is 1. The molecule has 3 aromatic rings. The normalized spacial score (nSPS) is 17.0. The van der Waals surface area contributed by atoms with Crippen molar-refractivity contribution < 1.29 is 53.7 Å². The summed E-state index contributed by atoms with van der Waals surface area (Å²) < 4.78 is 11.5. The average Bonchev–Trinajstić information content (AvgIpc) is 3.70. The average molecular weight is 548 g/mol. The minimum absolute atomic E-state index is 0. The van der Waals surface area contributed by atoms with Crippen LogP contribution in [-0.2, 0) is 11.2 Å². The van der Waals surface area contributed by atoms with Crippen molar-refractivity contribution in [1.82, 2.24) is 5.32 Å². The van der Waals surface area contributed by atoms with Gasteiger partial charge in [0, 0.05) is 35.5 Å². The smallest absolute Gasteiger partial charge is 0.549 e. The number of halogens is 2. The van der Waals surface area contributed by atoms with Gasteiger partial charge >= 0.3 is 29.6 Å². The first-order valence-corrected chi connectivity index (χ1v) is 12.7. The Hall–Kier alpha value is -2.22. The van der Waals surface area contributed by atoms with Gasteiger partial charge in [-0.05, 0) is 66.6 Å². The molecule has 1 N–H and O–H groups in total. The Morgan fingerprint density at radius 1 is 1.05 bits per heavy atom. The summed E-state index contributed by atoms with van der Waals surface area (Å²) in [5, 5.41) is 14.5. The third kappa shape index (κ3) is 6.81. The molecule has 0 radical (unpaired) electrons. The van der Waals surface area contributed by atoms with Gasteiger partial charge in [-0.1, -0.05) is 47.5 Å². The number of hydrogen-bond acceptors (Lipinski definition) is 5. The van der Waals surface area contributed by atoms with Gasteiger partial charge in [0.05, 0.1) is 11.6 Å². The molecular weight excluding hydrogens is 524 g/mol. The van der Waals surface area contributed by atoms with Gasteiger partial charge in [0.1, 0.15) is 22.7 Å². The van der Waals surface area contributed by atoms with E-state index < -0.39 is 17.4 Å². The summed E-state index contributed by atoms with van der Waals surface area (Å²) in [7, 11) is 0. The van der Waals surface area contributed by atoms with Gasteiger partial charge in [0.25, 0.3) is 5.91 Å². The van der Waals surface area contributed by atoms with Crippen LogP contribution in [0.1, 0.15) is 58.1 Å². The maximum atomic E-state index is 12.6. The minimum atomic E-state index is -1.16. The van der Waals surface area contributed by atoms with E-state index in [1.54, 1.807) is 30.3 Å². The van der Waals surface area contributed by atoms with E-state index in [0.717, 1.165) is 5.56 Å². The molecule has 6 nitrogen and oxygen atoms in total. The maximum Gasteiger partial charge on any atom is 1.00 e. The Labute approximate surface area is 247 Å². The number of rotatable bonds is 8. The minimum Gasteiger partial charge on any atom is -0.549 e. The zero-order valence-electron chi connectivity index (χ0n) is 20.3. The van der Waals surface area contributed by atoms with E-state index in [1.807, 2.05) is 0 Å². The summed E-state index contributed by atoms with van der Waals surface area (Å²) in [6.45, 7) is 0.268. The van der Waals surface area contributed by atoms with Crippen molar-refractivity contribution in [3.05, 3.63) is 87.9 Å². The molecule has 5 rings (SSSR count). The van der Waals surface area contributed by atoms with Gasteiger partial charge in [-0.25, -0.2) is 0 Å². The molecule has 1 aliphatic carbocycles. The SMILES string of the molecule is O=C(NC(Cl)Cc1ccc(C2CC2)cc1)c1ccc(Oc2cc3c(cc2Cl)C(C(=O)[O-])CCO3)cc1.[Na+]. The number of hydrogen-bond donors (Lipinski definition) is 1. The third-order valence-electron chi connectivity index (χ3n) is 6.46. The Kier molecular flexibility index (Phi) is 9.09. The summed E-state index contributed by atoms with van der Waals surface area (Å²) in [6, 6.07) is 18.1. The first kappa shape index (κ1) is 27.8. The fraction of sp³-hybridized carbons (Fsp3) is 0.286. The van der Waals surface area contributed by atoms with Crippen molar-refractivity contribution in [3.63, 3.8) is 0 Å². The maximum absolute atomic E-state index is 12.6. The van der Waals surface area contributed by atoms with Crippen LogP contribution in [0.5, 0.6) is 17.2 Å². The molecule has 37 heavy (non-hydrogen) atoms. The van der Waals surface area contributed by atoms with Crippen LogP contribution in [0.15, 0.2) is 60.7 Å². The number of fused-ring (bicyclic) bond motifs is 1. The molecule has 0 spiro atoms. The Balaban J connectivity index is 0.00000320. The van der Waals surface area contributed by atoms with Crippen molar-refractivity contribution in [3.8, 4) is 17.2 Å². The Morgan fingerprint density at radius 3 is 2.41 bits per heavy atom. The summed E-state index contributed by atoms with van der Waals surface area (Å²) in [4.78, 5) is 24.0. The Morgan fingerprint density at radius 2 is 1.76 bits per heavy atom. The summed E-state index contributed by atoms with van der Waals surface area (Å²) in [5.41, 5.74) is 2.80. The summed E-state index contributed by atoms with van der Waals surface area (Å²) >= 11 is 12.7. The zero-order chi connectivity index (χ0) is 25.2. The number of carbonyl (C=O) groups excluding carboxylic acids is 2. The van der Waals surface area contributed by atoms with Crippen molar-refractivity contribution in [1.29, 1.82) is 0 Å². The second kappa shape index (κ2) is 12.1. The third-order valence-corrected chi connectivity index (χ3v) is 7.02. The van der Waals surface area contributed by atoms with E-state index in [-0.39, 0.29) is 47.1 Å². The molecule has 0 aromatic heterocycles. The number of nitrogens with one attached hydrogen (secondary N) is 1. The number of benzene rings is 3. The van der Waals surface area contributed by atoms with Gasteiger partial charge < -0.3 is 24.7 Å². The van der Waals surface area contributed by atoms with E-state index in [2.05, 4.69) is 29.6 Å². The molecule has 0 saturated heterocycles. The van der Waals surface area contributed by atoms with Gasteiger partial charge in [-0.2, -0.15) is 0 Å². The number of carbonyl (C=O) groups is 2. The van der Waals surface area contributed by atoms with E-state index in [9.17, 15) is 14.7 Å². The fourth-order valence-corrected chi connectivity index (χ4v) is 4.83. The molecule has 1 amide bonds. The van der Waals surface area contributed by atoms with Crippen LogP contribution in [-0.4, -0.2) is 24.0 Å². The van der Waals surface area contributed by atoms with Crippen LogP contribution in [0.2, 0.25) is 5.02 Å². The van der Waals surface area contributed by atoms with E-state index >= 15 is 0 Å². The van der Waals surface area contributed by atoms with E-state index in [4.69, 9.17) is 32.7 Å². The number of ether oxygens (including phenoxy) is 2. The number of carboxylic acids is 1. The van der Waals surface area contributed by atoms with Gasteiger partial charge in [-0.15, -0.1) is 0 Å². The molecule has 2 unspecified atom stereocenters. The molecule has 1 heterocycles. The molecule has 1 fully saturated rings. The predicted molar refractivity (Wildman–Crippen MR) is 135 cm³/mol. The molecule has 1 saturated carbocycles. The molecule has 186 valence electrons. The topological polar surface area (TPSA) is 87.7 Å². The number of aliphatic carboxylic acids is 1. The standard InChI is InChI=1S/C28H25Cl2NO5.Na/c29-23-14-22-21(28(33)34)11-12-35-24(22)15-25(23)36-20-9-7-19(8-10-20)27(32)31-26(30)13-16-1-3-17(4-2-16)18-5-6-18;/h1-4,7-10,14-15,18,21,26H,5-6,11-13H2,(H,31,32)(H,33,34);/q;+1/p-1. The van der Waals surface area contributed by atoms with Crippen molar-refractivity contribution in [2.24, 2.45) is 0 Å². The zero-order valence-corrected chi connectivity index (χ0v) is 23.9. The second-order valence-electron chi connectivity index (χ2n) is 9.12. The molecule has 2 atom stereocenters. The monoisotopic (exact) mass is 547 g/mol. The molecule has 9 heteroatoms. The predicted octanol–water partition coefficient (Wildman–Crippen LogP) is 2.17. The van der Waals surface area contributed by atoms with Gasteiger partial charge in [0.2, 0.25) is 0 Å². The molecule has 2 aliphatic rings. The molecular formula is C28H24Cl2NNaO5. The fourth-order valence-electron chi connectivity index (χ4n) is 4.34. The second-order valence-corrected chi connectivity index (χ2v) is 10.1. The number of alkyl halides is 1. The van der Waals surface area contributed by atoms with Crippen LogP contribution in [0.25, 0.3) is 0 Å². The van der Waals surface area contributed by atoms with Crippen LogP contribution < -0.4 is 49.5 Å². The molecule has 1 aliphatic heterocycles.